The number of allylic oxidation sites excluding steroid dienone is 10. The standard InChI is InChI=1S/C51H88O6/c1-4-7-10-13-16-19-22-25-27-29-32-35-38-41-44-50(53)56-47-48(46-55-49(52)43-40-37-34-31-28-24-21-18-15-12-9-6-3)57-51(54)45-42-39-36-33-30-26-23-20-17-14-11-8-5-2/h8,11,17,20,22,25-26,30,36,39,48H,4-7,9-10,12-16,18-19,21,23-24,27-29,31-35,37-38,40-47H2,1-3H3/b11-8-,20-17-,25-22-,30-26-,39-36-. The van der Waals surface area contributed by atoms with Gasteiger partial charge < -0.3 is 14.2 Å². The number of carbonyl (C=O) groups excluding carboxylic acids is 3. The molecule has 0 saturated heterocycles. The molecule has 0 fully saturated rings. The molecule has 0 aromatic heterocycles. The van der Waals surface area contributed by atoms with Crippen LogP contribution in [-0.2, 0) is 28.6 Å². The summed E-state index contributed by atoms with van der Waals surface area (Å²) in [7, 11) is 0. The minimum absolute atomic E-state index is 0.104. The van der Waals surface area contributed by atoms with Gasteiger partial charge in [-0.05, 0) is 70.6 Å². The Labute approximate surface area is 351 Å². The molecule has 0 aliphatic carbocycles. The molecule has 0 rings (SSSR count). The largest absolute Gasteiger partial charge is 0.462 e. The molecule has 0 bridgehead atoms. The van der Waals surface area contributed by atoms with E-state index in [0.29, 0.717) is 19.3 Å². The first-order valence-electron chi connectivity index (χ1n) is 23.8. The lowest BCUT2D eigenvalue weighted by Gasteiger charge is -2.18. The van der Waals surface area contributed by atoms with Crippen molar-refractivity contribution in [1.82, 2.24) is 0 Å². The van der Waals surface area contributed by atoms with Crippen molar-refractivity contribution < 1.29 is 28.6 Å². The van der Waals surface area contributed by atoms with E-state index < -0.39 is 12.1 Å². The highest BCUT2D eigenvalue weighted by Crippen LogP contribution is 2.14. The maximum Gasteiger partial charge on any atom is 0.306 e. The number of unbranched alkanes of at least 4 members (excludes halogenated alkanes) is 21. The highest BCUT2D eigenvalue weighted by molar-refractivity contribution is 5.71. The van der Waals surface area contributed by atoms with Crippen molar-refractivity contribution in [2.75, 3.05) is 13.2 Å². The van der Waals surface area contributed by atoms with Gasteiger partial charge >= 0.3 is 17.9 Å². The number of rotatable bonds is 42. The van der Waals surface area contributed by atoms with Gasteiger partial charge in [0, 0.05) is 19.3 Å². The van der Waals surface area contributed by atoms with E-state index in [-0.39, 0.29) is 31.6 Å². The summed E-state index contributed by atoms with van der Waals surface area (Å²) in [6.07, 6.45) is 55.0. The molecule has 57 heavy (non-hydrogen) atoms. The van der Waals surface area contributed by atoms with Crippen molar-refractivity contribution in [2.45, 2.75) is 232 Å². The molecule has 1 unspecified atom stereocenters. The number of carbonyl (C=O) groups is 3. The van der Waals surface area contributed by atoms with Crippen LogP contribution in [-0.4, -0.2) is 37.2 Å². The summed E-state index contributed by atoms with van der Waals surface area (Å²) >= 11 is 0. The number of hydrogen-bond acceptors (Lipinski definition) is 6. The fourth-order valence-electron chi connectivity index (χ4n) is 6.45. The molecule has 6 heteroatoms. The Morgan fingerprint density at radius 2 is 0.719 bits per heavy atom. The van der Waals surface area contributed by atoms with Crippen molar-refractivity contribution in [1.29, 1.82) is 0 Å². The third-order valence-electron chi connectivity index (χ3n) is 10.0. The molecule has 0 aliphatic heterocycles. The van der Waals surface area contributed by atoms with Crippen LogP contribution in [0.15, 0.2) is 60.8 Å². The summed E-state index contributed by atoms with van der Waals surface area (Å²) in [5.41, 5.74) is 0. The minimum atomic E-state index is -0.811. The molecule has 0 saturated carbocycles. The molecule has 1 atom stereocenters. The third kappa shape index (κ3) is 44.1. The Morgan fingerprint density at radius 1 is 0.368 bits per heavy atom. The molecule has 0 aliphatic rings. The zero-order valence-electron chi connectivity index (χ0n) is 37.3. The van der Waals surface area contributed by atoms with E-state index >= 15 is 0 Å². The Balaban J connectivity index is 4.48. The predicted octanol–water partition coefficient (Wildman–Crippen LogP) is 15.3. The second-order valence-corrected chi connectivity index (χ2v) is 15.6. The van der Waals surface area contributed by atoms with E-state index in [4.69, 9.17) is 14.2 Å². The highest BCUT2D eigenvalue weighted by atomic mass is 16.6. The average Bonchev–Trinajstić information content (AvgIpc) is 3.21. The van der Waals surface area contributed by atoms with Crippen LogP contribution in [0.4, 0.5) is 0 Å². The summed E-state index contributed by atoms with van der Waals surface area (Å²) < 4.78 is 16.7. The van der Waals surface area contributed by atoms with Gasteiger partial charge in [-0.1, -0.05) is 197 Å². The van der Waals surface area contributed by atoms with E-state index in [1.54, 1.807) is 0 Å². The molecule has 0 N–H and O–H groups in total. The lowest BCUT2D eigenvalue weighted by atomic mass is 10.0. The molecule has 0 aromatic carbocycles. The predicted molar refractivity (Wildman–Crippen MR) is 242 cm³/mol. The first-order chi connectivity index (χ1) is 28.0. The van der Waals surface area contributed by atoms with Gasteiger partial charge in [-0.3, -0.25) is 14.4 Å². The van der Waals surface area contributed by atoms with Gasteiger partial charge in [-0.25, -0.2) is 0 Å². The Kier molecular flexibility index (Phi) is 43.5. The van der Waals surface area contributed by atoms with Crippen LogP contribution in [0.5, 0.6) is 0 Å². The van der Waals surface area contributed by atoms with Crippen LogP contribution in [0, 0.1) is 0 Å². The molecule has 0 radical (unpaired) electrons. The minimum Gasteiger partial charge on any atom is -0.462 e. The summed E-state index contributed by atoms with van der Waals surface area (Å²) in [4.78, 5) is 37.8. The second-order valence-electron chi connectivity index (χ2n) is 15.6. The molecule has 0 aromatic rings. The van der Waals surface area contributed by atoms with Gasteiger partial charge in [0.05, 0.1) is 0 Å². The second kappa shape index (κ2) is 45.8. The van der Waals surface area contributed by atoms with Crippen molar-refractivity contribution in [2.24, 2.45) is 0 Å². The van der Waals surface area contributed by atoms with Crippen molar-refractivity contribution in [3.8, 4) is 0 Å². The first kappa shape index (κ1) is 54.1. The summed E-state index contributed by atoms with van der Waals surface area (Å²) in [5.74, 6) is -0.995. The van der Waals surface area contributed by atoms with Crippen LogP contribution < -0.4 is 0 Å². The van der Waals surface area contributed by atoms with Gasteiger partial charge in [-0.2, -0.15) is 0 Å². The number of ether oxygens (including phenoxy) is 3. The van der Waals surface area contributed by atoms with Gasteiger partial charge in [0.1, 0.15) is 13.2 Å². The Hall–Kier alpha value is -2.89. The normalized spacial score (nSPS) is 12.5. The van der Waals surface area contributed by atoms with E-state index in [1.165, 1.54) is 109 Å². The van der Waals surface area contributed by atoms with E-state index in [0.717, 1.165) is 70.6 Å². The molecule has 0 heterocycles. The van der Waals surface area contributed by atoms with E-state index in [9.17, 15) is 14.4 Å². The Morgan fingerprint density at radius 3 is 1.14 bits per heavy atom. The van der Waals surface area contributed by atoms with Gasteiger partial charge in [0.15, 0.2) is 6.10 Å². The van der Waals surface area contributed by atoms with Gasteiger partial charge in [0.2, 0.25) is 0 Å². The molecule has 0 amide bonds. The van der Waals surface area contributed by atoms with Gasteiger partial charge in [-0.15, -0.1) is 0 Å². The van der Waals surface area contributed by atoms with E-state index in [2.05, 4.69) is 69.4 Å². The summed E-state index contributed by atoms with van der Waals surface area (Å²) in [6.45, 7) is 6.43. The molecule has 328 valence electrons. The fraction of sp³-hybridized carbons (Fsp3) is 0.745. The SMILES string of the molecule is CC/C=C\C/C=C\C/C=C\C/C=C\CCC(=O)OC(COC(=O)CCCCCCC/C=C\CCCCCCC)COC(=O)CCCCCCCCCCCCCC. The van der Waals surface area contributed by atoms with Crippen LogP contribution in [0.3, 0.4) is 0 Å². The van der Waals surface area contributed by atoms with E-state index in [1.807, 2.05) is 12.2 Å². The average molecular weight is 797 g/mol. The van der Waals surface area contributed by atoms with Crippen molar-refractivity contribution in [3.05, 3.63) is 60.8 Å². The molecular formula is C51H88O6. The quantitative estimate of drug-likeness (QED) is 0.0265. The summed E-state index contributed by atoms with van der Waals surface area (Å²) in [5, 5.41) is 0. The monoisotopic (exact) mass is 797 g/mol. The maximum atomic E-state index is 12.7. The number of esters is 3. The van der Waals surface area contributed by atoms with Crippen LogP contribution in [0.2, 0.25) is 0 Å². The van der Waals surface area contributed by atoms with Gasteiger partial charge in [0.25, 0.3) is 0 Å². The third-order valence-corrected chi connectivity index (χ3v) is 10.0. The zero-order valence-corrected chi connectivity index (χ0v) is 37.3. The lowest BCUT2D eigenvalue weighted by molar-refractivity contribution is -0.166. The van der Waals surface area contributed by atoms with Crippen LogP contribution >= 0.6 is 0 Å². The molecule has 0 spiro atoms. The fourth-order valence-corrected chi connectivity index (χ4v) is 6.45. The van der Waals surface area contributed by atoms with Crippen LogP contribution in [0.1, 0.15) is 226 Å². The lowest BCUT2D eigenvalue weighted by Crippen LogP contribution is -2.30. The first-order valence-corrected chi connectivity index (χ1v) is 23.8. The smallest absolute Gasteiger partial charge is 0.306 e. The zero-order chi connectivity index (χ0) is 41.5. The summed E-state index contributed by atoms with van der Waals surface area (Å²) in [6, 6.07) is 0. The molecular weight excluding hydrogens is 709 g/mol. The molecule has 6 nitrogen and oxygen atoms in total. The maximum absolute atomic E-state index is 12.7. The van der Waals surface area contributed by atoms with Crippen molar-refractivity contribution in [3.63, 3.8) is 0 Å². The van der Waals surface area contributed by atoms with Crippen molar-refractivity contribution >= 4 is 17.9 Å². The topological polar surface area (TPSA) is 78.9 Å². The Bertz CT molecular complexity index is 1050. The number of hydrogen-bond donors (Lipinski definition) is 0. The highest BCUT2D eigenvalue weighted by Gasteiger charge is 2.19. The van der Waals surface area contributed by atoms with Crippen LogP contribution in [0.25, 0.3) is 0 Å².